The Bertz CT molecular complexity index is 345. The van der Waals surface area contributed by atoms with E-state index in [0.717, 1.165) is 45.2 Å². The fourth-order valence-corrected chi connectivity index (χ4v) is 3.54. The largest absolute Gasteiger partial charge is 0.481 e. The van der Waals surface area contributed by atoms with Crippen molar-refractivity contribution in [3.63, 3.8) is 0 Å². The molecule has 1 saturated heterocycles. The van der Waals surface area contributed by atoms with E-state index in [2.05, 4.69) is 6.58 Å². The summed E-state index contributed by atoms with van der Waals surface area (Å²) < 4.78 is 0. The van der Waals surface area contributed by atoms with Gasteiger partial charge in [-0.2, -0.15) is 0 Å². The Morgan fingerprint density at radius 3 is 2.39 bits per heavy atom. The van der Waals surface area contributed by atoms with E-state index in [1.54, 1.807) is 0 Å². The lowest BCUT2D eigenvalue weighted by atomic mass is 9.78. The quantitative estimate of drug-likeness (QED) is 0.779. The number of carboxylic acids is 1. The lowest BCUT2D eigenvalue weighted by molar-refractivity contribution is -0.144. The van der Waals surface area contributed by atoms with Crippen molar-refractivity contribution in [1.82, 2.24) is 4.90 Å². The van der Waals surface area contributed by atoms with Crippen LogP contribution in [0.5, 0.6) is 0 Å². The number of carbonyl (C=O) groups is 2. The zero-order valence-electron chi connectivity index (χ0n) is 10.7. The summed E-state index contributed by atoms with van der Waals surface area (Å²) in [6, 6.07) is 0. The van der Waals surface area contributed by atoms with Gasteiger partial charge in [0.05, 0.1) is 5.92 Å². The third kappa shape index (κ3) is 2.57. The van der Waals surface area contributed by atoms with E-state index < -0.39 is 5.97 Å². The van der Waals surface area contributed by atoms with E-state index in [0.29, 0.717) is 11.8 Å². The van der Waals surface area contributed by atoms with Crippen molar-refractivity contribution >= 4 is 11.9 Å². The average Bonchev–Trinajstić information content (AvgIpc) is 2.87. The molecule has 0 spiro atoms. The second kappa shape index (κ2) is 5.55. The first-order valence-electron chi connectivity index (χ1n) is 6.77. The van der Waals surface area contributed by atoms with E-state index in [1.165, 1.54) is 6.08 Å². The number of hydrogen-bond donors (Lipinski definition) is 1. The highest BCUT2D eigenvalue weighted by Crippen LogP contribution is 2.41. The van der Waals surface area contributed by atoms with E-state index in [9.17, 15) is 14.7 Å². The van der Waals surface area contributed by atoms with Crippen molar-refractivity contribution in [1.29, 1.82) is 0 Å². The van der Waals surface area contributed by atoms with Crippen LogP contribution in [0.1, 0.15) is 32.1 Å². The number of carbonyl (C=O) groups excluding carboxylic acids is 1. The molecule has 0 aromatic heterocycles. The minimum atomic E-state index is -0.637. The summed E-state index contributed by atoms with van der Waals surface area (Å²) in [5.41, 5.74) is 0. The van der Waals surface area contributed by atoms with Crippen LogP contribution in [0, 0.1) is 17.8 Å². The molecular weight excluding hydrogens is 230 g/mol. The molecule has 4 nitrogen and oxygen atoms in total. The zero-order chi connectivity index (χ0) is 13.1. The van der Waals surface area contributed by atoms with Crippen LogP contribution in [0.4, 0.5) is 0 Å². The van der Waals surface area contributed by atoms with Crippen molar-refractivity contribution in [2.45, 2.75) is 32.1 Å². The van der Waals surface area contributed by atoms with E-state index in [4.69, 9.17) is 0 Å². The highest BCUT2D eigenvalue weighted by Gasteiger charge is 2.39. The number of hydrogen-bond acceptors (Lipinski definition) is 2. The van der Waals surface area contributed by atoms with Gasteiger partial charge >= 0.3 is 5.97 Å². The molecule has 2 aliphatic rings. The minimum absolute atomic E-state index is 0.00495. The number of amides is 1. The van der Waals surface area contributed by atoms with Crippen molar-refractivity contribution in [2.24, 2.45) is 17.8 Å². The fraction of sp³-hybridized carbons (Fsp3) is 0.714. The van der Waals surface area contributed by atoms with Crippen LogP contribution in [0.3, 0.4) is 0 Å². The maximum Gasteiger partial charge on any atom is 0.306 e. The molecule has 100 valence electrons. The smallest absolute Gasteiger partial charge is 0.306 e. The Morgan fingerprint density at radius 2 is 1.83 bits per heavy atom. The molecule has 0 radical (unpaired) electrons. The normalized spacial score (nSPS) is 29.2. The van der Waals surface area contributed by atoms with Crippen LogP contribution >= 0.6 is 0 Å². The third-order valence-electron chi connectivity index (χ3n) is 4.52. The van der Waals surface area contributed by atoms with Crippen molar-refractivity contribution in [2.75, 3.05) is 13.1 Å². The molecule has 4 heteroatoms. The third-order valence-corrected chi connectivity index (χ3v) is 4.52. The SMILES string of the molecule is C=CC(=O)N1CCC(C2CCCC2C(=O)O)CC1. The second-order valence-corrected chi connectivity index (χ2v) is 5.41. The van der Waals surface area contributed by atoms with E-state index in [1.807, 2.05) is 4.90 Å². The molecule has 1 heterocycles. The molecule has 2 unspecified atom stereocenters. The Labute approximate surface area is 108 Å². The summed E-state index contributed by atoms with van der Waals surface area (Å²) in [4.78, 5) is 24.5. The van der Waals surface area contributed by atoms with Crippen LogP contribution in [0.25, 0.3) is 0 Å². The first kappa shape index (κ1) is 13.1. The van der Waals surface area contributed by atoms with Gasteiger partial charge in [-0.25, -0.2) is 0 Å². The molecule has 1 aliphatic carbocycles. The number of piperidine rings is 1. The zero-order valence-corrected chi connectivity index (χ0v) is 10.7. The summed E-state index contributed by atoms with van der Waals surface area (Å²) in [6.45, 7) is 5.00. The van der Waals surface area contributed by atoms with Gasteiger partial charge in [-0.05, 0) is 43.6 Å². The molecule has 1 aliphatic heterocycles. The lowest BCUT2D eigenvalue weighted by Crippen LogP contribution is -2.40. The summed E-state index contributed by atoms with van der Waals surface area (Å²) >= 11 is 0. The Hall–Kier alpha value is -1.32. The highest BCUT2D eigenvalue weighted by molar-refractivity contribution is 5.87. The summed E-state index contributed by atoms with van der Waals surface area (Å²) in [6.07, 6.45) is 6.13. The average molecular weight is 251 g/mol. The topological polar surface area (TPSA) is 57.6 Å². The molecule has 1 N–H and O–H groups in total. The van der Waals surface area contributed by atoms with Gasteiger partial charge in [-0.15, -0.1) is 0 Å². The first-order chi connectivity index (χ1) is 8.63. The Balaban J connectivity index is 1.91. The lowest BCUT2D eigenvalue weighted by Gasteiger charge is -2.35. The minimum Gasteiger partial charge on any atom is -0.481 e. The molecule has 0 aromatic rings. The number of likely N-dealkylation sites (tertiary alicyclic amines) is 1. The van der Waals surface area contributed by atoms with E-state index >= 15 is 0 Å². The van der Waals surface area contributed by atoms with Gasteiger partial charge in [-0.1, -0.05) is 13.0 Å². The van der Waals surface area contributed by atoms with Crippen LogP contribution in [0.2, 0.25) is 0 Å². The van der Waals surface area contributed by atoms with Crippen LogP contribution in [0.15, 0.2) is 12.7 Å². The first-order valence-corrected chi connectivity index (χ1v) is 6.77. The fourth-order valence-electron chi connectivity index (χ4n) is 3.54. The number of nitrogens with zero attached hydrogens (tertiary/aromatic N) is 1. The number of rotatable bonds is 3. The summed E-state index contributed by atoms with van der Waals surface area (Å²) in [7, 11) is 0. The molecular formula is C14H21NO3. The molecule has 0 bridgehead atoms. The van der Waals surface area contributed by atoms with Crippen molar-refractivity contribution < 1.29 is 14.7 Å². The van der Waals surface area contributed by atoms with Gasteiger partial charge in [0, 0.05) is 13.1 Å². The van der Waals surface area contributed by atoms with E-state index in [-0.39, 0.29) is 11.8 Å². The second-order valence-electron chi connectivity index (χ2n) is 5.41. The summed E-state index contributed by atoms with van der Waals surface area (Å²) in [5.74, 6) is -0.000594. The Morgan fingerprint density at radius 1 is 1.17 bits per heavy atom. The molecule has 2 fully saturated rings. The van der Waals surface area contributed by atoms with Crippen molar-refractivity contribution in [3.05, 3.63) is 12.7 Å². The number of aliphatic carboxylic acids is 1. The number of carboxylic acid groups (broad SMARTS) is 1. The molecule has 2 atom stereocenters. The van der Waals surface area contributed by atoms with Gasteiger partial charge in [-0.3, -0.25) is 9.59 Å². The molecule has 1 amide bonds. The predicted octanol–water partition coefficient (Wildman–Crippen LogP) is 1.91. The molecule has 2 rings (SSSR count). The highest BCUT2D eigenvalue weighted by atomic mass is 16.4. The van der Waals surface area contributed by atoms with Crippen LogP contribution < -0.4 is 0 Å². The summed E-state index contributed by atoms with van der Waals surface area (Å²) in [5, 5.41) is 9.21. The Kier molecular flexibility index (Phi) is 4.04. The molecule has 0 aromatic carbocycles. The molecule has 1 saturated carbocycles. The maximum atomic E-state index is 11.5. The van der Waals surface area contributed by atoms with Crippen molar-refractivity contribution in [3.8, 4) is 0 Å². The van der Waals surface area contributed by atoms with Crippen LogP contribution in [-0.4, -0.2) is 35.0 Å². The monoisotopic (exact) mass is 251 g/mol. The van der Waals surface area contributed by atoms with Gasteiger partial charge < -0.3 is 10.0 Å². The van der Waals surface area contributed by atoms with Gasteiger partial charge in [0.15, 0.2) is 0 Å². The van der Waals surface area contributed by atoms with Gasteiger partial charge in [0.25, 0.3) is 0 Å². The van der Waals surface area contributed by atoms with Crippen LogP contribution in [-0.2, 0) is 9.59 Å². The van der Waals surface area contributed by atoms with Gasteiger partial charge in [0.1, 0.15) is 0 Å². The standard InChI is InChI=1S/C14H21NO3/c1-2-13(16)15-8-6-10(7-9-15)11-4-3-5-12(11)14(17)18/h2,10-12H,1,3-9H2,(H,17,18). The predicted molar refractivity (Wildman–Crippen MR) is 68.0 cm³/mol. The maximum absolute atomic E-state index is 11.5. The molecule has 18 heavy (non-hydrogen) atoms. The van der Waals surface area contributed by atoms with Gasteiger partial charge in [0.2, 0.25) is 5.91 Å².